The molecule has 1 heterocycles. The number of hydrogen-bond donors (Lipinski definition) is 1. The molecule has 1 N–H and O–H groups in total. The average Bonchev–Trinajstić information content (AvgIpc) is 2.53. The second kappa shape index (κ2) is 9.32. The highest BCUT2D eigenvalue weighted by Gasteiger charge is 1.98. The van der Waals surface area contributed by atoms with Gasteiger partial charge in [0.15, 0.2) is 0 Å². The third kappa shape index (κ3) is 5.69. The van der Waals surface area contributed by atoms with Crippen LogP contribution in [-0.4, -0.2) is 37.9 Å². The highest BCUT2D eigenvalue weighted by molar-refractivity contribution is 5.79. The van der Waals surface area contributed by atoms with Crippen LogP contribution in [0, 0.1) is 0 Å². The molecule has 114 valence electrons. The highest BCUT2D eigenvalue weighted by Crippen LogP contribution is 2.18. The van der Waals surface area contributed by atoms with Crippen LogP contribution in [0.25, 0.3) is 10.9 Å². The summed E-state index contributed by atoms with van der Waals surface area (Å²) in [7, 11) is 0. The summed E-state index contributed by atoms with van der Waals surface area (Å²) in [4.78, 5) is 4.33. The second-order valence-corrected chi connectivity index (χ2v) is 4.86. The third-order valence-electron chi connectivity index (χ3n) is 3.22. The molecule has 0 saturated heterocycles. The first-order valence-electron chi connectivity index (χ1n) is 7.66. The Labute approximate surface area is 126 Å². The largest absolute Gasteiger partial charge is 0.492 e. The molecule has 4 heteroatoms. The van der Waals surface area contributed by atoms with Crippen molar-refractivity contribution in [1.82, 2.24) is 10.3 Å². The molecule has 0 atom stereocenters. The molecule has 0 bridgehead atoms. The maximum atomic E-state index is 5.73. The van der Waals surface area contributed by atoms with Gasteiger partial charge in [0.05, 0.1) is 5.52 Å². The monoisotopic (exact) mass is 288 g/mol. The lowest BCUT2D eigenvalue weighted by molar-refractivity contribution is 0.143. The fourth-order valence-electron chi connectivity index (χ4n) is 2.10. The minimum atomic E-state index is 0.670. The maximum absolute atomic E-state index is 5.73. The first-order valence-corrected chi connectivity index (χ1v) is 7.66. The topological polar surface area (TPSA) is 43.4 Å². The van der Waals surface area contributed by atoms with Crippen molar-refractivity contribution < 1.29 is 9.47 Å². The lowest BCUT2D eigenvalue weighted by atomic mass is 10.2. The number of nitrogens with zero attached hydrogens (tertiary/aromatic N) is 1. The van der Waals surface area contributed by atoms with E-state index in [1.165, 1.54) is 0 Å². The Hall–Kier alpha value is -1.65. The van der Waals surface area contributed by atoms with Gasteiger partial charge in [-0.15, -0.1) is 0 Å². The van der Waals surface area contributed by atoms with Crippen molar-refractivity contribution in [2.24, 2.45) is 0 Å². The summed E-state index contributed by atoms with van der Waals surface area (Å²) >= 11 is 0. The number of rotatable bonds is 10. The molecule has 2 aromatic rings. The summed E-state index contributed by atoms with van der Waals surface area (Å²) in [5.74, 6) is 0.874. The van der Waals surface area contributed by atoms with E-state index in [1.54, 1.807) is 6.20 Å². The van der Waals surface area contributed by atoms with Crippen molar-refractivity contribution in [2.45, 2.75) is 19.8 Å². The summed E-state index contributed by atoms with van der Waals surface area (Å²) in [6, 6.07) is 10.0. The standard InChI is InChI=1S/C17H24N2O2/c1-2-20-12-4-3-9-18-11-13-21-16-8-7-15-6-5-10-19-17(15)14-16/h5-8,10,14,18H,2-4,9,11-13H2,1H3. The SMILES string of the molecule is CCOCCCCNCCOc1ccc2cccnc2c1. The number of unbranched alkanes of at least 4 members (excludes halogenated alkanes) is 1. The summed E-state index contributed by atoms with van der Waals surface area (Å²) < 4.78 is 11.0. The van der Waals surface area contributed by atoms with E-state index < -0.39 is 0 Å². The maximum Gasteiger partial charge on any atom is 0.121 e. The Morgan fingerprint density at radius 2 is 2.05 bits per heavy atom. The molecule has 0 amide bonds. The molecule has 0 spiro atoms. The van der Waals surface area contributed by atoms with Gasteiger partial charge in [-0.3, -0.25) is 4.98 Å². The van der Waals surface area contributed by atoms with Crippen molar-refractivity contribution >= 4 is 10.9 Å². The van der Waals surface area contributed by atoms with Crippen LogP contribution < -0.4 is 10.1 Å². The average molecular weight is 288 g/mol. The molecule has 0 aliphatic rings. The van der Waals surface area contributed by atoms with E-state index in [0.717, 1.165) is 55.8 Å². The molecule has 21 heavy (non-hydrogen) atoms. The van der Waals surface area contributed by atoms with Gasteiger partial charge in [-0.25, -0.2) is 0 Å². The number of nitrogens with one attached hydrogen (secondary N) is 1. The Morgan fingerprint density at radius 1 is 1.10 bits per heavy atom. The van der Waals surface area contributed by atoms with Crippen LogP contribution in [0.15, 0.2) is 36.5 Å². The minimum Gasteiger partial charge on any atom is -0.492 e. The number of aromatic nitrogens is 1. The molecule has 0 saturated carbocycles. The van der Waals surface area contributed by atoms with Gasteiger partial charge in [-0.2, -0.15) is 0 Å². The quantitative estimate of drug-likeness (QED) is 0.683. The summed E-state index contributed by atoms with van der Waals surface area (Å²) in [5.41, 5.74) is 0.971. The van der Waals surface area contributed by atoms with Gasteiger partial charge in [0.2, 0.25) is 0 Å². The summed E-state index contributed by atoms with van der Waals surface area (Å²) in [6.45, 7) is 6.23. The van der Waals surface area contributed by atoms with E-state index in [4.69, 9.17) is 9.47 Å². The van der Waals surface area contributed by atoms with Crippen molar-refractivity contribution in [3.8, 4) is 5.75 Å². The molecule has 1 aromatic heterocycles. The van der Waals surface area contributed by atoms with Gasteiger partial charge in [0, 0.05) is 37.4 Å². The number of ether oxygens (including phenoxy) is 2. The van der Waals surface area contributed by atoms with Crippen LogP contribution in [-0.2, 0) is 4.74 Å². The first-order chi connectivity index (χ1) is 10.4. The number of fused-ring (bicyclic) bond motifs is 1. The first kappa shape index (κ1) is 15.7. The molecule has 0 radical (unpaired) electrons. The van der Waals surface area contributed by atoms with E-state index in [9.17, 15) is 0 Å². The zero-order chi connectivity index (χ0) is 14.8. The van der Waals surface area contributed by atoms with Crippen LogP contribution in [0.4, 0.5) is 0 Å². The molecule has 2 rings (SSSR count). The molecule has 4 nitrogen and oxygen atoms in total. The Bertz CT molecular complexity index is 531. The molecule has 0 aliphatic heterocycles. The number of pyridine rings is 1. The predicted octanol–water partition coefficient (Wildman–Crippen LogP) is 3.02. The fourth-order valence-corrected chi connectivity index (χ4v) is 2.10. The lowest BCUT2D eigenvalue weighted by Gasteiger charge is -2.08. The Kier molecular flexibility index (Phi) is 6.98. The van der Waals surface area contributed by atoms with Crippen LogP contribution in [0.3, 0.4) is 0 Å². The van der Waals surface area contributed by atoms with Crippen molar-refractivity contribution in [1.29, 1.82) is 0 Å². The second-order valence-electron chi connectivity index (χ2n) is 4.86. The van der Waals surface area contributed by atoms with Gasteiger partial charge in [0.25, 0.3) is 0 Å². The van der Waals surface area contributed by atoms with Gasteiger partial charge in [-0.1, -0.05) is 6.07 Å². The van der Waals surface area contributed by atoms with Gasteiger partial charge in [-0.05, 0) is 44.5 Å². The van der Waals surface area contributed by atoms with Crippen LogP contribution in [0.1, 0.15) is 19.8 Å². The van der Waals surface area contributed by atoms with Gasteiger partial charge < -0.3 is 14.8 Å². The van der Waals surface area contributed by atoms with E-state index in [2.05, 4.69) is 16.4 Å². The van der Waals surface area contributed by atoms with Crippen LogP contribution in [0.5, 0.6) is 5.75 Å². The fraction of sp³-hybridized carbons (Fsp3) is 0.471. The molecule has 0 aliphatic carbocycles. The Balaban J connectivity index is 1.59. The zero-order valence-corrected chi connectivity index (χ0v) is 12.7. The van der Waals surface area contributed by atoms with Gasteiger partial charge in [0.1, 0.15) is 12.4 Å². The van der Waals surface area contributed by atoms with E-state index in [1.807, 2.05) is 31.2 Å². The molecular formula is C17H24N2O2. The molecular weight excluding hydrogens is 264 g/mol. The van der Waals surface area contributed by atoms with E-state index >= 15 is 0 Å². The predicted molar refractivity (Wildman–Crippen MR) is 85.8 cm³/mol. The molecule has 1 aromatic carbocycles. The van der Waals surface area contributed by atoms with E-state index in [-0.39, 0.29) is 0 Å². The van der Waals surface area contributed by atoms with Crippen LogP contribution in [0.2, 0.25) is 0 Å². The normalized spacial score (nSPS) is 10.9. The van der Waals surface area contributed by atoms with E-state index in [0.29, 0.717) is 6.61 Å². The molecule has 0 fully saturated rings. The van der Waals surface area contributed by atoms with Crippen molar-refractivity contribution in [3.05, 3.63) is 36.5 Å². The van der Waals surface area contributed by atoms with Crippen LogP contribution >= 0.6 is 0 Å². The lowest BCUT2D eigenvalue weighted by Crippen LogP contribution is -2.22. The third-order valence-corrected chi connectivity index (χ3v) is 3.22. The molecule has 0 unspecified atom stereocenters. The number of hydrogen-bond acceptors (Lipinski definition) is 4. The minimum absolute atomic E-state index is 0.670. The van der Waals surface area contributed by atoms with Gasteiger partial charge >= 0.3 is 0 Å². The summed E-state index contributed by atoms with van der Waals surface area (Å²) in [6.07, 6.45) is 4.05. The van der Waals surface area contributed by atoms with Crippen molar-refractivity contribution in [2.75, 3.05) is 32.9 Å². The Morgan fingerprint density at radius 3 is 2.95 bits per heavy atom. The highest BCUT2D eigenvalue weighted by atomic mass is 16.5. The number of benzene rings is 1. The van der Waals surface area contributed by atoms with Crippen molar-refractivity contribution in [3.63, 3.8) is 0 Å². The summed E-state index contributed by atoms with van der Waals surface area (Å²) in [5, 5.41) is 4.51. The zero-order valence-electron chi connectivity index (χ0n) is 12.7. The smallest absolute Gasteiger partial charge is 0.121 e.